The molecule has 7 nitrogen and oxygen atoms in total. The number of aryl methyl sites for hydroxylation is 1. The fourth-order valence-electron chi connectivity index (χ4n) is 2.97. The number of aromatic nitrogens is 6. The van der Waals surface area contributed by atoms with Crippen molar-refractivity contribution in [3.63, 3.8) is 0 Å². The molecule has 4 aromatic rings. The molecular formula is C20H16F3N7. The van der Waals surface area contributed by atoms with Crippen LogP contribution in [0, 0.1) is 0 Å². The highest BCUT2D eigenvalue weighted by molar-refractivity contribution is 5.58. The van der Waals surface area contributed by atoms with E-state index in [1.807, 2.05) is 12.1 Å². The second-order valence-corrected chi connectivity index (χ2v) is 6.66. The minimum Gasteiger partial charge on any atom is -0.383 e. The fraction of sp³-hybridized carbons (Fsp3) is 0.150. The summed E-state index contributed by atoms with van der Waals surface area (Å²) >= 11 is 0. The molecule has 0 unspecified atom stereocenters. The van der Waals surface area contributed by atoms with Crippen LogP contribution in [-0.2, 0) is 19.6 Å². The van der Waals surface area contributed by atoms with Gasteiger partial charge in [-0.05, 0) is 5.56 Å². The molecule has 2 N–H and O–H groups in total. The molecule has 0 aliphatic heterocycles. The van der Waals surface area contributed by atoms with Gasteiger partial charge in [-0.15, -0.1) is 0 Å². The first-order valence-electron chi connectivity index (χ1n) is 8.88. The van der Waals surface area contributed by atoms with Crippen molar-refractivity contribution in [3.8, 4) is 22.8 Å². The van der Waals surface area contributed by atoms with E-state index in [1.165, 1.54) is 17.9 Å². The maximum absolute atomic E-state index is 12.9. The number of alkyl halides is 3. The molecule has 3 heterocycles. The number of hydrogen-bond acceptors (Lipinski definition) is 6. The monoisotopic (exact) mass is 411 g/mol. The van der Waals surface area contributed by atoms with Gasteiger partial charge in [0.05, 0.1) is 5.56 Å². The first-order valence-corrected chi connectivity index (χ1v) is 8.88. The van der Waals surface area contributed by atoms with Crippen molar-refractivity contribution in [3.05, 3.63) is 72.2 Å². The molecule has 0 bridgehead atoms. The average Bonchev–Trinajstić information content (AvgIpc) is 3.13. The number of benzene rings is 1. The lowest BCUT2D eigenvalue weighted by molar-refractivity contribution is -0.140. The van der Waals surface area contributed by atoms with Gasteiger partial charge in [-0.2, -0.15) is 13.2 Å². The molecule has 1 aromatic carbocycles. The van der Waals surface area contributed by atoms with E-state index in [-0.39, 0.29) is 5.82 Å². The summed E-state index contributed by atoms with van der Waals surface area (Å²) in [6.45, 7) is 0. The zero-order valence-electron chi connectivity index (χ0n) is 15.8. The number of nitrogen functional groups attached to an aromatic ring is 1. The van der Waals surface area contributed by atoms with Gasteiger partial charge in [0.15, 0.2) is 11.5 Å². The number of nitrogens with two attached hydrogens (primary N) is 1. The number of rotatable bonds is 4. The lowest BCUT2D eigenvalue weighted by Gasteiger charge is -2.08. The number of halogens is 3. The Balaban J connectivity index is 1.54. The summed E-state index contributed by atoms with van der Waals surface area (Å²) in [6.07, 6.45) is 3.23. The first kappa shape index (κ1) is 19.5. The van der Waals surface area contributed by atoms with Gasteiger partial charge in [-0.1, -0.05) is 24.3 Å². The minimum atomic E-state index is -4.48. The van der Waals surface area contributed by atoms with E-state index in [2.05, 4.69) is 24.9 Å². The van der Waals surface area contributed by atoms with Gasteiger partial charge >= 0.3 is 6.18 Å². The topological polar surface area (TPSA) is 95.4 Å². The SMILES string of the molecule is Cn1cc(C(F)(F)F)nc1-c1ccc(Cc2cnc(-c3cncnc3)nc2N)cc1. The van der Waals surface area contributed by atoms with Crippen LogP contribution in [0.25, 0.3) is 22.8 Å². The van der Waals surface area contributed by atoms with Crippen molar-refractivity contribution in [1.29, 1.82) is 0 Å². The molecular weight excluding hydrogens is 395 g/mol. The third-order valence-corrected chi connectivity index (χ3v) is 4.49. The van der Waals surface area contributed by atoms with Crippen molar-refractivity contribution in [2.75, 3.05) is 5.73 Å². The Labute approximate surface area is 169 Å². The Kier molecular flexibility index (Phi) is 4.90. The highest BCUT2D eigenvalue weighted by Gasteiger charge is 2.34. The molecule has 152 valence electrons. The van der Waals surface area contributed by atoms with Crippen molar-refractivity contribution in [1.82, 2.24) is 29.5 Å². The van der Waals surface area contributed by atoms with Crippen molar-refractivity contribution in [2.45, 2.75) is 12.6 Å². The molecule has 10 heteroatoms. The third-order valence-electron chi connectivity index (χ3n) is 4.49. The van der Waals surface area contributed by atoms with Crippen molar-refractivity contribution < 1.29 is 13.2 Å². The quantitative estimate of drug-likeness (QED) is 0.552. The standard InChI is InChI=1S/C20H16F3N7/c1-30-10-16(20(21,22)23)28-19(30)13-4-2-12(3-5-13)6-14-9-27-18(29-17(14)24)15-7-25-11-26-8-15/h2-5,7-11H,6H2,1H3,(H2,24,27,29). The summed E-state index contributed by atoms with van der Waals surface area (Å²) < 4.78 is 40.0. The van der Waals surface area contributed by atoms with Crippen LogP contribution in [0.5, 0.6) is 0 Å². The molecule has 0 fully saturated rings. The van der Waals surface area contributed by atoms with E-state index < -0.39 is 11.9 Å². The molecule has 0 radical (unpaired) electrons. The normalized spacial score (nSPS) is 11.6. The molecule has 0 atom stereocenters. The Hall–Kier alpha value is -3.82. The van der Waals surface area contributed by atoms with Crippen LogP contribution in [0.1, 0.15) is 16.8 Å². The lowest BCUT2D eigenvalue weighted by Crippen LogP contribution is -2.04. The van der Waals surface area contributed by atoms with Gasteiger partial charge < -0.3 is 10.3 Å². The maximum Gasteiger partial charge on any atom is 0.434 e. The van der Waals surface area contributed by atoms with Crippen molar-refractivity contribution in [2.24, 2.45) is 7.05 Å². The van der Waals surface area contributed by atoms with Gasteiger partial charge in [0.2, 0.25) is 0 Å². The van der Waals surface area contributed by atoms with Gasteiger partial charge in [-0.3, -0.25) is 0 Å². The molecule has 0 saturated carbocycles. The smallest absolute Gasteiger partial charge is 0.383 e. The summed E-state index contributed by atoms with van der Waals surface area (Å²) in [7, 11) is 1.53. The van der Waals surface area contributed by atoms with Gasteiger partial charge in [0.1, 0.15) is 18.0 Å². The Morgan fingerprint density at radius 2 is 1.67 bits per heavy atom. The van der Waals surface area contributed by atoms with Crippen LogP contribution in [0.3, 0.4) is 0 Å². The minimum absolute atomic E-state index is 0.242. The van der Waals surface area contributed by atoms with E-state index in [0.29, 0.717) is 29.2 Å². The lowest BCUT2D eigenvalue weighted by atomic mass is 10.0. The second kappa shape index (κ2) is 7.54. The van der Waals surface area contributed by atoms with Crippen molar-refractivity contribution >= 4 is 5.82 Å². The van der Waals surface area contributed by atoms with Crippen LogP contribution in [-0.4, -0.2) is 29.5 Å². The molecule has 0 aliphatic rings. The summed E-state index contributed by atoms with van der Waals surface area (Å²) in [4.78, 5) is 20.2. The van der Waals surface area contributed by atoms with Crippen LogP contribution < -0.4 is 5.73 Å². The molecule has 3 aromatic heterocycles. The molecule has 0 saturated heterocycles. The van der Waals surface area contributed by atoms with Gasteiger partial charge in [0, 0.05) is 49.4 Å². The highest BCUT2D eigenvalue weighted by Crippen LogP contribution is 2.30. The largest absolute Gasteiger partial charge is 0.434 e. The zero-order valence-corrected chi connectivity index (χ0v) is 15.8. The number of anilines is 1. The predicted octanol–water partition coefficient (Wildman–Crippen LogP) is 3.53. The summed E-state index contributed by atoms with van der Waals surface area (Å²) in [5, 5.41) is 0. The fourth-order valence-corrected chi connectivity index (χ4v) is 2.97. The molecule has 30 heavy (non-hydrogen) atoms. The predicted molar refractivity (Wildman–Crippen MR) is 104 cm³/mol. The Morgan fingerprint density at radius 1 is 0.967 bits per heavy atom. The molecule has 4 rings (SSSR count). The molecule has 0 amide bonds. The Bertz CT molecular complexity index is 1170. The van der Waals surface area contributed by atoms with E-state index in [0.717, 1.165) is 17.3 Å². The molecule has 0 spiro atoms. The van der Waals surface area contributed by atoms with Crippen LogP contribution in [0.4, 0.5) is 19.0 Å². The molecule has 0 aliphatic carbocycles. The number of hydrogen-bond donors (Lipinski definition) is 1. The third kappa shape index (κ3) is 3.97. The van der Waals surface area contributed by atoms with E-state index in [4.69, 9.17) is 5.73 Å². The van der Waals surface area contributed by atoms with Gasteiger partial charge in [0.25, 0.3) is 0 Å². The summed E-state index contributed by atoms with van der Waals surface area (Å²) in [5.41, 5.74) is 8.05. The van der Waals surface area contributed by atoms with Crippen LogP contribution in [0.15, 0.2) is 55.4 Å². The maximum atomic E-state index is 12.9. The average molecular weight is 411 g/mol. The Morgan fingerprint density at radius 3 is 2.27 bits per heavy atom. The summed E-state index contributed by atoms with van der Waals surface area (Å²) in [6, 6.07) is 7.08. The number of imidazole rings is 1. The summed E-state index contributed by atoms with van der Waals surface area (Å²) in [5.74, 6) is 1.01. The van der Waals surface area contributed by atoms with Gasteiger partial charge in [-0.25, -0.2) is 24.9 Å². The zero-order chi connectivity index (χ0) is 21.3. The second-order valence-electron chi connectivity index (χ2n) is 6.66. The first-order chi connectivity index (χ1) is 14.3. The van der Waals surface area contributed by atoms with Crippen LogP contribution >= 0.6 is 0 Å². The van der Waals surface area contributed by atoms with Crippen LogP contribution in [0.2, 0.25) is 0 Å². The van der Waals surface area contributed by atoms with E-state index >= 15 is 0 Å². The highest BCUT2D eigenvalue weighted by atomic mass is 19.4. The van der Waals surface area contributed by atoms with E-state index in [1.54, 1.807) is 30.7 Å². The number of nitrogens with zero attached hydrogens (tertiary/aromatic N) is 6. The van der Waals surface area contributed by atoms with E-state index in [9.17, 15) is 13.2 Å².